The van der Waals surface area contributed by atoms with Gasteiger partial charge in [-0.25, -0.2) is 0 Å². The third-order valence-corrected chi connectivity index (χ3v) is 2.70. The van der Waals surface area contributed by atoms with Crippen LogP contribution in [0.1, 0.15) is 5.69 Å². The Morgan fingerprint density at radius 1 is 1.43 bits per heavy atom. The van der Waals surface area contributed by atoms with Crippen molar-refractivity contribution in [2.75, 3.05) is 5.32 Å². The molecule has 21 heavy (non-hydrogen) atoms. The second kappa shape index (κ2) is 5.76. The Hall–Kier alpha value is -2.03. The molecular weight excluding hydrogens is 311 g/mol. The van der Waals surface area contributed by atoms with E-state index < -0.39 is 18.6 Å². The summed E-state index contributed by atoms with van der Waals surface area (Å²) in [5.74, 6) is -0.272. The van der Waals surface area contributed by atoms with E-state index in [1.54, 1.807) is 7.05 Å². The van der Waals surface area contributed by atoms with Crippen LogP contribution in [0.5, 0.6) is 0 Å². The molecule has 2 heterocycles. The van der Waals surface area contributed by atoms with Gasteiger partial charge in [0.15, 0.2) is 5.82 Å². The summed E-state index contributed by atoms with van der Waals surface area (Å²) in [5, 5.41) is 10.3. The number of aromatic nitrogens is 4. The minimum absolute atomic E-state index is 0.169. The molecule has 1 N–H and O–H groups in total. The van der Waals surface area contributed by atoms with Crippen LogP contribution >= 0.6 is 11.6 Å². The first-order valence-corrected chi connectivity index (χ1v) is 6.19. The number of anilines is 1. The molecule has 0 bridgehead atoms. The highest BCUT2D eigenvalue weighted by Gasteiger charge is 2.28. The monoisotopic (exact) mass is 321 g/mol. The molecule has 0 fully saturated rings. The first-order valence-electron chi connectivity index (χ1n) is 5.81. The number of halogens is 4. The van der Waals surface area contributed by atoms with Gasteiger partial charge >= 0.3 is 6.18 Å². The number of aryl methyl sites for hydroxylation is 1. The molecule has 1 amide bonds. The Labute approximate surface area is 122 Å². The van der Waals surface area contributed by atoms with Crippen LogP contribution in [0.15, 0.2) is 18.5 Å². The molecular formula is C11H11ClF3N5O. The second-order valence-electron chi connectivity index (χ2n) is 4.34. The van der Waals surface area contributed by atoms with Gasteiger partial charge in [-0.3, -0.25) is 14.2 Å². The predicted molar refractivity (Wildman–Crippen MR) is 68.8 cm³/mol. The molecule has 0 spiro atoms. The third kappa shape index (κ3) is 4.48. The largest absolute Gasteiger partial charge is 0.408 e. The number of carbonyl (C=O) groups excluding carboxylic acids is 1. The maximum absolute atomic E-state index is 12.2. The van der Waals surface area contributed by atoms with Crippen molar-refractivity contribution in [2.45, 2.75) is 19.1 Å². The summed E-state index contributed by atoms with van der Waals surface area (Å²) in [4.78, 5) is 11.7. The maximum atomic E-state index is 12.2. The Balaban J connectivity index is 1.95. The summed E-state index contributed by atoms with van der Waals surface area (Å²) >= 11 is 5.83. The highest BCUT2D eigenvalue weighted by atomic mass is 35.5. The molecule has 114 valence electrons. The molecule has 10 heteroatoms. The van der Waals surface area contributed by atoms with Crippen molar-refractivity contribution in [3.63, 3.8) is 0 Å². The molecule has 2 rings (SSSR count). The summed E-state index contributed by atoms with van der Waals surface area (Å²) < 4.78 is 38.7. The van der Waals surface area contributed by atoms with Crippen molar-refractivity contribution in [2.24, 2.45) is 7.05 Å². The van der Waals surface area contributed by atoms with Gasteiger partial charge in [-0.1, -0.05) is 11.6 Å². The van der Waals surface area contributed by atoms with Gasteiger partial charge in [0.05, 0.1) is 12.1 Å². The lowest BCUT2D eigenvalue weighted by Crippen LogP contribution is -2.19. The van der Waals surface area contributed by atoms with Crippen LogP contribution in [-0.4, -0.2) is 31.6 Å². The smallest absolute Gasteiger partial charge is 0.308 e. The first-order chi connectivity index (χ1) is 9.73. The van der Waals surface area contributed by atoms with Crippen molar-refractivity contribution in [3.05, 3.63) is 29.2 Å². The van der Waals surface area contributed by atoms with E-state index in [-0.39, 0.29) is 23.0 Å². The van der Waals surface area contributed by atoms with Gasteiger partial charge in [0.2, 0.25) is 5.91 Å². The summed E-state index contributed by atoms with van der Waals surface area (Å²) in [7, 11) is 1.64. The molecule has 2 aromatic rings. The summed E-state index contributed by atoms with van der Waals surface area (Å²) in [6.07, 6.45) is -1.84. The summed E-state index contributed by atoms with van der Waals surface area (Å²) in [6, 6.07) is 1.35. The highest BCUT2D eigenvalue weighted by molar-refractivity contribution is 6.33. The van der Waals surface area contributed by atoms with Crippen LogP contribution in [0.25, 0.3) is 0 Å². The van der Waals surface area contributed by atoms with Gasteiger partial charge in [-0.15, -0.1) is 0 Å². The average molecular weight is 322 g/mol. The van der Waals surface area contributed by atoms with Crippen molar-refractivity contribution >= 4 is 23.3 Å². The fourth-order valence-corrected chi connectivity index (χ4v) is 1.88. The second-order valence-corrected chi connectivity index (χ2v) is 4.75. The zero-order chi connectivity index (χ0) is 15.6. The standard InChI is InChI=1S/C11H11ClF3N5O/c1-19-5-8(12)10(18-19)16-9(21)4-7-2-3-20(17-7)6-11(13,14)15/h2-3,5H,4,6H2,1H3,(H,16,18,21). The van der Waals surface area contributed by atoms with Crippen LogP contribution in [0.3, 0.4) is 0 Å². The Morgan fingerprint density at radius 2 is 2.14 bits per heavy atom. The van der Waals surface area contributed by atoms with Gasteiger partial charge in [-0.05, 0) is 6.07 Å². The number of amides is 1. The molecule has 0 aliphatic rings. The first kappa shape index (κ1) is 15.4. The van der Waals surface area contributed by atoms with Crippen molar-refractivity contribution in [1.29, 1.82) is 0 Å². The van der Waals surface area contributed by atoms with Gasteiger partial charge in [-0.2, -0.15) is 23.4 Å². The summed E-state index contributed by atoms with van der Waals surface area (Å²) in [6.45, 7) is -1.19. The number of nitrogens with one attached hydrogen (secondary N) is 1. The van der Waals surface area contributed by atoms with Crippen LogP contribution in [0.4, 0.5) is 19.0 Å². The van der Waals surface area contributed by atoms with Crippen LogP contribution in [0, 0.1) is 0 Å². The molecule has 6 nitrogen and oxygen atoms in total. The van der Waals surface area contributed by atoms with Gasteiger partial charge in [0.1, 0.15) is 11.6 Å². The lowest BCUT2D eigenvalue weighted by atomic mass is 10.3. The quantitative estimate of drug-likeness (QED) is 0.937. The van der Waals surface area contributed by atoms with Gasteiger partial charge < -0.3 is 5.32 Å². The molecule has 2 aromatic heterocycles. The van der Waals surface area contributed by atoms with E-state index in [4.69, 9.17) is 11.6 Å². The van der Waals surface area contributed by atoms with Crippen LogP contribution in [-0.2, 0) is 24.8 Å². The van der Waals surface area contributed by atoms with Gasteiger partial charge in [0, 0.05) is 19.4 Å². The Kier molecular flexibility index (Phi) is 4.21. The third-order valence-electron chi connectivity index (χ3n) is 2.42. The molecule has 0 saturated heterocycles. The van der Waals surface area contributed by atoms with Crippen molar-refractivity contribution < 1.29 is 18.0 Å². The molecule has 0 aromatic carbocycles. The average Bonchev–Trinajstić information content (AvgIpc) is 2.84. The number of nitrogens with zero attached hydrogens (tertiary/aromatic N) is 4. The normalized spacial score (nSPS) is 11.7. The van der Waals surface area contributed by atoms with Crippen LogP contribution < -0.4 is 5.32 Å². The maximum Gasteiger partial charge on any atom is 0.408 e. The molecule has 0 aliphatic carbocycles. The van der Waals surface area contributed by atoms with E-state index in [0.717, 1.165) is 4.68 Å². The predicted octanol–water partition coefficient (Wildman–Crippen LogP) is 2.01. The molecule has 0 saturated carbocycles. The Morgan fingerprint density at radius 3 is 2.71 bits per heavy atom. The number of hydrogen-bond acceptors (Lipinski definition) is 3. The lowest BCUT2D eigenvalue weighted by molar-refractivity contribution is -0.142. The van der Waals surface area contributed by atoms with Crippen molar-refractivity contribution in [3.8, 4) is 0 Å². The minimum atomic E-state index is -4.35. The van der Waals surface area contributed by atoms with E-state index in [9.17, 15) is 18.0 Å². The number of rotatable bonds is 4. The number of alkyl halides is 3. The minimum Gasteiger partial charge on any atom is -0.308 e. The van der Waals surface area contributed by atoms with E-state index in [1.165, 1.54) is 23.1 Å². The topological polar surface area (TPSA) is 64.7 Å². The summed E-state index contributed by atoms with van der Waals surface area (Å²) in [5.41, 5.74) is 0.226. The fourth-order valence-electron chi connectivity index (χ4n) is 1.65. The molecule has 0 radical (unpaired) electrons. The molecule has 0 aliphatic heterocycles. The van der Waals surface area contributed by atoms with Crippen molar-refractivity contribution in [1.82, 2.24) is 19.6 Å². The van der Waals surface area contributed by atoms with Crippen LogP contribution in [0.2, 0.25) is 5.02 Å². The highest BCUT2D eigenvalue weighted by Crippen LogP contribution is 2.19. The Bertz CT molecular complexity index is 649. The van der Waals surface area contributed by atoms with E-state index >= 15 is 0 Å². The zero-order valence-electron chi connectivity index (χ0n) is 10.9. The lowest BCUT2D eigenvalue weighted by Gasteiger charge is -2.05. The van der Waals surface area contributed by atoms with Gasteiger partial charge in [0.25, 0.3) is 0 Å². The SMILES string of the molecule is Cn1cc(Cl)c(NC(=O)Cc2ccn(CC(F)(F)F)n2)n1. The van der Waals surface area contributed by atoms with E-state index in [1.807, 2.05) is 0 Å². The number of carbonyl (C=O) groups is 1. The number of hydrogen-bond donors (Lipinski definition) is 1. The molecule has 0 unspecified atom stereocenters. The van der Waals surface area contributed by atoms with E-state index in [2.05, 4.69) is 15.5 Å². The molecule has 0 atom stereocenters. The zero-order valence-corrected chi connectivity index (χ0v) is 11.6. The van der Waals surface area contributed by atoms with E-state index in [0.29, 0.717) is 0 Å². The fraction of sp³-hybridized carbons (Fsp3) is 0.364.